The number of aromatic nitrogens is 3. The molecule has 43 heavy (non-hydrogen) atoms. The topological polar surface area (TPSA) is 134 Å². The fraction of sp³-hybridized carbons (Fsp3) is 0.452. The highest BCUT2D eigenvalue weighted by atomic mass is 16.5. The first kappa shape index (κ1) is 30.3. The summed E-state index contributed by atoms with van der Waals surface area (Å²) in [5.41, 5.74) is 2.57. The molecule has 12 heteroatoms. The normalized spacial score (nSPS) is 17.5. The second-order valence-corrected chi connectivity index (χ2v) is 11.1. The molecule has 0 bridgehead atoms. The molecule has 0 radical (unpaired) electrons. The average molecular weight is 589 g/mol. The van der Waals surface area contributed by atoms with Gasteiger partial charge in [0, 0.05) is 61.3 Å². The minimum Gasteiger partial charge on any atom is -0.381 e. The van der Waals surface area contributed by atoms with Gasteiger partial charge in [0.25, 0.3) is 5.91 Å². The van der Waals surface area contributed by atoms with Gasteiger partial charge in [-0.25, -0.2) is 9.78 Å². The molecule has 228 valence electrons. The number of anilines is 3. The molecular weight excluding hydrogens is 548 g/mol. The highest BCUT2D eigenvalue weighted by Crippen LogP contribution is 2.29. The van der Waals surface area contributed by atoms with Crippen LogP contribution in [-0.4, -0.2) is 98.0 Å². The molecule has 1 aromatic heterocycles. The van der Waals surface area contributed by atoms with Gasteiger partial charge in [-0.15, -0.1) is 0 Å². The Bertz CT molecular complexity index is 1380. The zero-order valence-corrected chi connectivity index (χ0v) is 25.0. The summed E-state index contributed by atoms with van der Waals surface area (Å²) in [6.07, 6.45) is 1.76. The van der Waals surface area contributed by atoms with E-state index in [4.69, 9.17) is 24.4 Å². The van der Waals surface area contributed by atoms with Crippen molar-refractivity contribution in [3.63, 3.8) is 0 Å². The lowest BCUT2D eigenvalue weighted by atomic mass is 9.99. The van der Waals surface area contributed by atoms with E-state index in [0.29, 0.717) is 61.7 Å². The van der Waals surface area contributed by atoms with Crippen molar-refractivity contribution in [1.29, 1.82) is 0 Å². The van der Waals surface area contributed by atoms with E-state index in [-0.39, 0.29) is 23.9 Å². The maximum atomic E-state index is 12.7. The van der Waals surface area contributed by atoms with Gasteiger partial charge in [0.05, 0.1) is 19.3 Å². The first-order valence-electron chi connectivity index (χ1n) is 14.8. The van der Waals surface area contributed by atoms with Gasteiger partial charge >= 0.3 is 6.03 Å². The zero-order valence-electron chi connectivity index (χ0n) is 25.0. The van der Waals surface area contributed by atoms with Crippen LogP contribution in [0.3, 0.4) is 0 Å². The molecule has 2 saturated heterocycles. The molecule has 12 nitrogen and oxygen atoms in total. The third kappa shape index (κ3) is 8.25. The van der Waals surface area contributed by atoms with Gasteiger partial charge in [0.1, 0.15) is 5.82 Å². The van der Waals surface area contributed by atoms with Gasteiger partial charge in [-0.1, -0.05) is 0 Å². The summed E-state index contributed by atoms with van der Waals surface area (Å²) in [5.74, 6) is 2.14. The van der Waals surface area contributed by atoms with Gasteiger partial charge in [0.2, 0.25) is 5.95 Å². The van der Waals surface area contributed by atoms with E-state index in [1.54, 1.807) is 24.3 Å². The molecule has 3 N–H and O–H groups in total. The summed E-state index contributed by atoms with van der Waals surface area (Å²) in [6.45, 7) is 6.83. The molecule has 3 heterocycles. The molecule has 2 fully saturated rings. The number of benzene rings is 2. The van der Waals surface area contributed by atoms with Crippen LogP contribution < -0.4 is 20.9 Å². The van der Waals surface area contributed by atoms with E-state index in [2.05, 4.69) is 27.8 Å². The van der Waals surface area contributed by atoms with Crippen LogP contribution >= 0.6 is 0 Å². The minimum absolute atomic E-state index is 0.150. The summed E-state index contributed by atoms with van der Waals surface area (Å²) in [4.78, 5) is 43.7. The number of nitrogens with zero attached hydrogens (tertiary/aromatic N) is 5. The van der Waals surface area contributed by atoms with E-state index >= 15 is 0 Å². The Balaban J connectivity index is 1.24. The number of hydrogen-bond donors (Lipinski definition) is 3. The lowest BCUT2D eigenvalue weighted by molar-refractivity contribution is 0.0834. The highest BCUT2D eigenvalue weighted by Gasteiger charge is 2.26. The number of carbonyl (C=O) groups excluding carboxylic acids is 2. The number of ether oxygens (including phenoxy) is 2. The van der Waals surface area contributed by atoms with Crippen molar-refractivity contribution in [2.24, 2.45) is 0 Å². The standard InChI is InChI=1S/C31H40N8O4/c1-21-20-43-19-16-39(21)30-36-27(35-28(37-30)23-12-17-42-18-13-23)22-4-8-25(9-5-22)33-31(41)34-26-10-6-24(7-11-26)29(40)32-14-15-38(2)3/h4-11,21,23H,12-20H2,1-3H3,(H,32,40)(H2,33,34,41). The van der Waals surface area contributed by atoms with E-state index in [1.165, 1.54) is 0 Å². The van der Waals surface area contributed by atoms with Gasteiger partial charge in [-0.2, -0.15) is 9.97 Å². The Morgan fingerprint density at radius 2 is 1.58 bits per heavy atom. The number of amides is 3. The van der Waals surface area contributed by atoms with Crippen LogP contribution in [0.15, 0.2) is 48.5 Å². The van der Waals surface area contributed by atoms with E-state index < -0.39 is 0 Å². The average Bonchev–Trinajstić information content (AvgIpc) is 3.02. The van der Waals surface area contributed by atoms with E-state index in [9.17, 15) is 9.59 Å². The number of nitrogens with one attached hydrogen (secondary N) is 3. The maximum Gasteiger partial charge on any atom is 0.323 e. The van der Waals surface area contributed by atoms with Crippen molar-refractivity contribution in [2.45, 2.75) is 31.7 Å². The molecular formula is C31H40N8O4. The quantitative estimate of drug-likeness (QED) is 0.343. The molecule has 2 aliphatic heterocycles. The van der Waals surface area contributed by atoms with Crippen molar-refractivity contribution in [3.05, 3.63) is 59.9 Å². The molecule has 2 aliphatic rings. The van der Waals surface area contributed by atoms with Crippen LogP contribution in [0, 0.1) is 0 Å². The smallest absolute Gasteiger partial charge is 0.323 e. The first-order valence-corrected chi connectivity index (χ1v) is 14.8. The molecule has 0 aliphatic carbocycles. The Kier molecular flexibility index (Phi) is 10.1. The molecule has 3 aromatic rings. The highest BCUT2D eigenvalue weighted by molar-refractivity contribution is 6.00. The Morgan fingerprint density at radius 1 is 0.907 bits per heavy atom. The molecule has 1 atom stereocenters. The SMILES string of the molecule is CC1COCCN1c1nc(-c2ccc(NC(=O)Nc3ccc(C(=O)NCCN(C)C)cc3)cc2)nc(C2CCOCC2)n1. The molecule has 3 amide bonds. The Morgan fingerprint density at radius 3 is 2.23 bits per heavy atom. The number of likely N-dealkylation sites (N-methyl/N-ethyl adjacent to an activating group) is 1. The summed E-state index contributed by atoms with van der Waals surface area (Å²) in [7, 11) is 3.90. The monoisotopic (exact) mass is 588 g/mol. The molecule has 2 aromatic carbocycles. The summed E-state index contributed by atoms with van der Waals surface area (Å²) >= 11 is 0. The lowest BCUT2D eigenvalue weighted by Crippen LogP contribution is -2.44. The summed E-state index contributed by atoms with van der Waals surface area (Å²) in [6, 6.07) is 14.0. The van der Waals surface area contributed by atoms with Gasteiger partial charge < -0.3 is 35.2 Å². The third-order valence-corrected chi connectivity index (χ3v) is 7.50. The summed E-state index contributed by atoms with van der Waals surface area (Å²) < 4.78 is 11.2. The van der Waals surface area contributed by atoms with Crippen LogP contribution in [0.25, 0.3) is 11.4 Å². The van der Waals surface area contributed by atoms with E-state index in [0.717, 1.165) is 37.3 Å². The predicted octanol–water partition coefficient (Wildman–Crippen LogP) is 3.59. The van der Waals surface area contributed by atoms with Gasteiger partial charge in [0.15, 0.2) is 5.82 Å². The lowest BCUT2D eigenvalue weighted by Gasteiger charge is -2.34. The van der Waals surface area contributed by atoms with Crippen molar-refractivity contribution in [1.82, 2.24) is 25.2 Å². The van der Waals surface area contributed by atoms with Gasteiger partial charge in [-0.3, -0.25) is 4.79 Å². The predicted molar refractivity (Wildman–Crippen MR) is 166 cm³/mol. The molecule has 1 unspecified atom stereocenters. The second-order valence-electron chi connectivity index (χ2n) is 11.1. The van der Waals surface area contributed by atoms with E-state index in [1.807, 2.05) is 43.3 Å². The minimum atomic E-state index is -0.388. The van der Waals surface area contributed by atoms with Crippen LogP contribution in [-0.2, 0) is 9.47 Å². The van der Waals surface area contributed by atoms with Crippen molar-refractivity contribution >= 4 is 29.3 Å². The van der Waals surface area contributed by atoms with Crippen LogP contribution in [0.4, 0.5) is 22.1 Å². The fourth-order valence-corrected chi connectivity index (χ4v) is 5.00. The second kappa shape index (κ2) is 14.4. The van der Waals surface area contributed by atoms with Crippen molar-refractivity contribution in [3.8, 4) is 11.4 Å². The number of carbonyl (C=O) groups is 2. The number of hydrogen-bond acceptors (Lipinski definition) is 9. The number of rotatable bonds is 9. The fourth-order valence-electron chi connectivity index (χ4n) is 5.00. The number of urea groups is 1. The summed E-state index contributed by atoms with van der Waals surface area (Å²) in [5, 5.41) is 8.53. The number of morpholine rings is 1. The Labute approximate surface area is 252 Å². The van der Waals surface area contributed by atoms with Crippen LogP contribution in [0.1, 0.15) is 41.9 Å². The maximum absolute atomic E-state index is 12.7. The largest absolute Gasteiger partial charge is 0.381 e. The molecule has 0 saturated carbocycles. The van der Waals surface area contributed by atoms with Crippen LogP contribution in [0.2, 0.25) is 0 Å². The zero-order chi connectivity index (χ0) is 30.2. The van der Waals surface area contributed by atoms with Crippen molar-refractivity contribution in [2.75, 3.05) is 75.7 Å². The third-order valence-electron chi connectivity index (χ3n) is 7.50. The van der Waals surface area contributed by atoms with Crippen molar-refractivity contribution < 1.29 is 19.1 Å². The van der Waals surface area contributed by atoms with Gasteiger partial charge in [-0.05, 0) is 82.4 Å². The van der Waals surface area contributed by atoms with Crippen LogP contribution in [0.5, 0.6) is 0 Å². The molecule has 0 spiro atoms. The first-order chi connectivity index (χ1) is 20.9. The molecule has 5 rings (SSSR count). The Hall–Kier alpha value is -4.13.